The fourth-order valence-corrected chi connectivity index (χ4v) is 6.70. The molecule has 2 aromatic heterocycles. The zero-order valence-electron chi connectivity index (χ0n) is 22.1. The van der Waals surface area contributed by atoms with E-state index in [0.29, 0.717) is 18.7 Å². The van der Waals surface area contributed by atoms with Gasteiger partial charge in [0.25, 0.3) is 5.91 Å². The summed E-state index contributed by atoms with van der Waals surface area (Å²) in [5.74, 6) is 0.762. The van der Waals surface area contributed by atoms with Gasteiger partial charge in [-0.05, 0) is 19.3 Å². The van der Waals surface area contributed by atoms with E-state index in [0.717, 1.165) is 60.9 Å². The molecule has 0 spiro atoms. The normalized spacial score (nSPS) is 24.0. The van der Waals surface area contributed by atoms with Crippen molar-refractivity contribution in [1.82, 2.24) is 34.5 Å². The Morgan fingerprint density at radius 2 is 2.11 bits per heavy atom. The summed E-state index contributed by atoms with van der Waals surface area (Å²) < 4.78 is 9.37. The number of aromatic nitrogens is 5. The minimum absolute atomic E-state index is 0.0471. The van der Waals surface area contributed by atoms with Gasteiger partial charge in [0.15, 0.2) is 10.9 Å². The number of methoxy groups -OCH3 is 1. The molecule has 204 valence electrons. The minimum atomic E-state index is -1.01. The first-order chi connectivity index (χ1) is 18.5. The number of ether oxygens (including phenoxy) is 1. The topological polar surface area (TPSA) is 110 Å². The zero-order valence-corrected chi connectivity index (χ0v) is 22.9. The van der Waals surface area contributed by atoms with Crippen LogP contribution in [0, 0.1) is 0 Å². The maximum Gasteiger partial charge on any atom is 0.275 e. The number of rotatable bonds is 9. The number of carbonyl (C=O) groups excluding carboxylic acids is 1. The molecular formula is C27H37N7O3S. The second-order valence-corrected chi connectivity index (χ2v) is 11.3. The van der Waals surface area contributed by atoms with E-state index in [4.69, 9.17) is 9.72 Å². The van der Waals surface area contributed by atoms with Gasteiger partial charge in [-0.1, -0.05) is 54.9 Å². The first kappa shape index (κ1) is 26.9. The molecule has 3 atom stereocenters. The molecule has 10 nitrogen and oxygen atoms in total. The lowest BCUT2D eigenvalue weighted by Crippen LogP contribution is -2.54. The van der Waals surface area contributed by atoms with Crippen LogP contribution in [-0.2, 0) is 11.8 Å². The molecule has 3 heterocycles. The van der Waals surface area contributed by atoms with E-state index in [-0.39, 0.29) is 24.6 Å². The monoisotopic (exact) mass is 539 g/mol. The Bertz CT molecular complexity index is 1210. The second-order valence-electron chi connectivity index (χ2n) is 10.2. The number of amides is 1. The third kappa shape index (κ3) is 5.51. The van der Waals surface area contributed by atoms with Gasteiger partial charge < -0.3 is 29.2 Å². The molecule has 0 bridgehead atoms. The molecule has 1 saturated heterocycles. The van der Waals surface area contributed by atoms with Crippen molar-refractivity contribution in [3.8, 4) is 11.3 Å². The summed E-state index contributed by atoms with van der Waals surface area (Å²) in [6.07, 6.45) is 7.69. The summed E-state index contributed by atoms with van der Waals surface area (Å²) in [6, 6.07) is 9.76. The molecule has 1 aliphatic heterocycles. The number of piperazine rings is 1. The molecule has 2 N–H and O–H groups in total. The minimum Gasteiger partial charge on any atom is -0.385 e. The summed E-state index contributed by atoms with van der Waals surface area (Å²) in [6.45, 7) is 2.35. The number of hydrogen-bond acceptors (Lipinski definition) is 8. The lowest BCUT2D eigenvalue weighted by atomic mass is 9.80. The van der Waals surface area contributed by atoms with Crippen LogP contribution in [0.15, 0.2) is 48.1 Å². The molecular weight excluding hydrogens is 502 g/mol. The predicted molar refractivity (Wildman–Crippen MR) is 146 cm³/mol. The van der Waals surface area contributed by atoms with Crippen LogP contribution in [-0.4, -0.2) is 91.0 Å². The Morgan fingerprint density at radius 1 is 1.26 bits per heavy atom. The fraction of sp³-hybridized carbons (Fsp3) is 0.556. The third-order valence-electron chi connectivity index (χ3n) is 7.69. The summed E-state index contributed by atoms with van der Waals surface area (Å²) in [7, 11) is 3.56. The van der Waals surface area contributed by atoms with E-state index in [1.807, 2.05) is 51.4 Å². The van der Waals surface area contributed by atoms with Gasteiger partial charge in [-0.15, -0.1) is 10.2 Å². The highest BCUT2D eigenvalue weighted by molar-refractivity contribution is 7.99. The molecule has 0 unspecified atom stereocenters. The maximum absolute atomic E-state index is 14.1. The van der Waals surface area contributed by atoms with Gasteiger partial charge in [-0.3, -0.25) is 4.79 Å². The Balaban J connectivity index is 1.44. The average molecular weight is 540 g/mol. The molecule has 1 aromatic carbocycles. The van der Waals surface area contributed by atoms with Gasteiger partial charge in [0, 0.05) is 51.1 Å². The highest BCUT2D eigenvalue weighted by atomic mass is 32.2. The third-order valence-corrected chi connectivity index (χ3v) is 8.76. The molecule has 0 radical (unpaired) electrons. The summed E-state index contributed by atoms with van der Waals surface area (Å²) in [5.41, 5.74) is 1.12. The number of hydrogen-bond donors (Lipinski definition) is 2. The van der Waals surface area contributed by atoms with Crippen LogP contribution >= 0.6 is 11.8 Å². The van der Waals surface area contributed by atoms with Gasteiger partial charge in [-0.25, -0.2) is 4.98 Å². The molecule has 38 heavy (non-hydrogen) atoms. The molecule has 1 amide bonds. The smallest absolute Gasteiger partial charge is 0.275 e. The van der Waals surface area contributed by atoms with E-state index in [9.17, 15) is 9.90 Å². The van der Waals surface area contributed by atoms with E-state index in [1.165, 1.54) is 0 Å². The zero-order chi connectivity index (χ0) is 26.5. The summed E-state index contributed by atoms with van der Waals surface area (Å²) >= 11 is 1.65. The number of aliphatic hydroxyl groups is 1. The summed E-state index contributed by atoms with van der Waals surface area (Å²) in [5, 5.41) is 24.0. The van der Waals surface area contributed by atoms with Gasteiger partial charge in [0.2, 0.25) is 0 Å². The van der Waals surface area contributed by atoms with Crippen molar-refractivity contribution in [2.75, 3.05) is 39.1 Å². The van der Waals surface area contributed by atoms with Crippen molar-refractivity contribution in [3.63, 3.8) is 0 Å². The quantitative estimate of drug-likeness (QED) is 0.400. The van der Waals surface area contributed by atoms with Crippen molar-refractivity contribution in [2.24, 2.45) is 7.05 Å². The number of aryl methyl sites for hydroxylation is 1. The van der Waals surface area contributed by atoms with E-state index >= 15 is 0 Å². The van der Waals surface area contributed by atoms with E-state index in [2.05, 4.69) is 15.5 Å². The van der Waals surface area contributed by atoms with Crippen molar-refractivity contribution in [3.05, 3.63) is 48.7 Å². The standard InChI is InChI=1S/C27H37N7O3S/c1-32-19-30-31-26(32)38-15-11-21-16-28-13-14-33(21)25(35)23-24(20-8-4-3-5-9-20)34(18-29-23)22-10-6-7-12-27(22,36)17-37-2/h3-5,8-9,18-19,21-22,28,36H,6-7,10-17H2,1-2H3/t21-,22-,27-/m1/s1. The van der Waals surface area contributed by atoms with Crippen LogP contribution in [0.2, 0.25) is 0 Å². The Hall–Kier alpha value is -2.73. The molecule has 2 aliphatic rings. The largest absolute Gasteiger partial charge is 0.385 e. The Kier molecular flexibility index (Phi) is 8.47. The lowest BCUT2D eigenvalue weighted by molar-refractivity contribution is -0.0893. The first-order valence-corrected chi connectivity index (χ1v) is 14.3. The van der Waals surface area contributed by atoms with Crippen molar-refractivity contribution < 1.29 is 14.6 Å². The SMILES string of the molecule is COC[C@]1(O)CCCC[C@H]1n1cnc(C(=O)N2CCNC[C@H]2CCSc2nncn2C)c1-c1ccccc1. The van der Waals surface area contributed by atoms with Crippen LogP contribution in [0.1, 0.15) is 48.6 Å². The maximum atomic E-state index is 14.1. The fourth-order valence-electron chi connectivity index (χ4n) is 5.77. The van der Waals surface area contributed by atoms with Crippen molar-refractivity contribution >= 4 is 17.7 Å². The number of thioether (sulfide) groups is 1. The molecule has 1 saturated carbocycles. The van der Waals surface area contributed by atoms with Crippen molar-refractivity contribution in [2.45, 2.75) is 54.9 Å². The Morgan fingerprint density at radius 3 is 2.87 bits per heavy atom. The second kappa shape index (κ2) is 12.0. The number of imidazole rings is 1. The molecule has 1 aliphatic carbocycles. The van der Waals surface area contributed by atoms with E-state index in [1.54, 1.807) is 31.5 Å². The van der Waals surface area contributed by atoms with Gasteiger partial charge in [-0.2, -0.15) is 0 Å². The molecule has 2 fully saturated rings. The highest BCUT2D eigenvalue weighted by Crippen LogP contribution is 2.41. The first-order valence-electron chi connectivity index (χ1n) is 13.3. The van der Waals surface area contributed by atoms with Crippen LogP contribution in [0.4, 0.5) is 0 Å². The highest BCUT2D eigenvalue weighted by Gasteiger charge is 2.42. The Labute approximate surface area is 227 Å². The van der Waals surface area contributed by atoms with Crippen LogP contribution in [0.3, 0.4) is 0 Å². The number of nitrogens with zero attached hydrogens (tertiary/aromatic N) is 6. The number of carbonyl (C=O) groups is 1. The van der Waals surface area contributed by atoms with E-state index < -0.39 is 5.60 Å². The van der Waals surface area contributed by atoms with Gasteiger partial charge in [0.1, 0.15) is 11.9 Å². The van der Waals surface area contributed by atoms with Crippen molar-refractivity contribution in [1.29, 1.82) is 0 Å². The lowest BCUT2D eigenvalue weighted by Gasteiger charge is -2.41. The van der Waals surface area contributed by atoms with Crippen LogP contribution < -0.4 is 5.32 Å². The average Bonchev–Trinajstić information content (AvgIpc) is 3.55. The van der Waals surface area contributed by atoms with Crippen LogP contribution in [0.25, 0.3) is 11.3 Å². The van der Waals surface area contributed by atoms with Crippen LogP contribution in [0.5, 0.6) is 0 Å². The van der Waals surface area contributed by atoms with Gasteiger partial charge in [0.05, 0.1) is 24.7 Å². The molecule has 5 rings (SSSR count). The predicted octanol–water partition coefficient (Wildman–Crippen LogP) is 2.77. The number of nitrogens with one attached hydrogen (secondary N) is 1. The summed E-state index contributed by atoms with van der Waals surface area (Å²) in [4.78, 5) is 20.8. The molecule has 3 aromatic rings. The van der Waals surface area contributed by atoms with Gasteiger partial charge >= 0.3 is 0 Å². The molecule has 11 heteroatoms. The number of benzene rings is 1.